The Morgan fingerprint density at radius 3 is 2.57 bits per heavy atom. The number of ether oxygens (including phenoxy) is 2. The second-order valence-corrected chi connectivity index (χ2v) is 4.59. The molecule has 2 fully saturated rings. The highest BCUT2D eigenvalue weighted by molar-refractivity contribution is 4.83. The molecule has 1 aliphatic heterocycles. The maximum atomic E-state index is 5.94. The molecule has 3 heteroatoms. The minimum atomic E-state index is 0.287. The van der Waals surface area contributed by atoms with Gasteiger partial charge in [0.1, 0.15) is 0 Å². The zero-order chi connectivity index (χ0) is 9.80. The van der Waals surface area contributed by atoms with E-state index in [1.807, 2.05) is 0 Å². The molecule has 3 nitrogen and oxygen atoms in total. The predicted molar refractivity (Wildman–Crippen MR) is 55.1 cm³/mol. The molecule has 0 amide bonds. The third-order valence-corrected chi connectivity index (χ3v) is 3.23. The Morgan fingerprint density at radius 1 is 1.21 bits per heavy atom. The van der Waals surface area contributed by atoms with Gasteiger partial charge in [0.15, 0.2) is 0 Å². The topological polar surface area (TPSA) is 44.5 Å². The smallest absolute Gasteiger partial charge is 0.0620 e. The summed E-state index contributed by atoms with van der Waals surface area (Å²) in [5, 5.41) is 0. The van der Waals surface area contributed by atoms with Crippen molar-refractivity contribution in [3.8, 4) is 0 Å². The molecule has 0 aromatic carbocycles. The second-order valence-electron chi connectivity index (χ2n) is 4.59. The number of rotatable bonds is 5. The van der Waals surface area contributed by atoms with Gasteiger partial charge in [-0.1, -0.05) is 0 Å². The summed E-state index contributed by atoms with van der Waals surface area (Å²) in [5.41, 5.74) is 5.94. The third kappa shape index (κ3) is 3.23. The second kappa shape index (κ2) is 5.10. The molecule has 0 bridgehead atoms. The summed E-state index contributed by atoms with van der Waals surface area (Å²) in [6.45, 7) is 3.44. The summed E-state index contributed by atoms with van der Waals surface area (Å²) < 4.78 is 11.0. The molecule has 0 aromatic rings. The first-order valence-electron chi connectivity index (χ1n) is 5.77. The van der Waals surface area contributed by atoms with E-state index in [0.717, 1.165) is 45.2 Å². The van der Waals surface area contributed by atoms with Crippen molar-refractivity contribution in [1.29, 1.82) is 0 Å². The van der Waals surface area contributed by atoms with Crippen LogP contribution in [-0.4, -0.2) is 32.5 Å². The van der Waals surface area contributed by atoms with Gasteiger partial charge in [-0.25, -0.2) is 0 Å². The summed E-state index contributed by atoms with van der Waals surface area (Å²) >= 11 is 0. The molecule has 1 atom stereocenters. The maximum Gasteiger partial charge on any atom is 0.0620 e. The molecule has 0 aromatic heterocycles. The van der Waals surface area contributed by atoms with E-state index in [-0.39, 0.29) is 6.04 Å². The van der Waals surface area contributed by atoms with Crippen molar-refractivity contribution in [3.63, 3.8) is 0 Å². The van der Waals surface area contributed by atoms with Crippen molar-refractivity contribution in [2.75, 3.05) is 26.4 Å². The fourth-order valence-corrected chi connectivity index (χ4v) is 1.94. The number of hydrogen-bond donors (Lipinski definition) is 1. The van der Waals surface area contributed by atoms with Crippen LogP contribution in [0.1, 0.15) is 25.7 Å². The SMILES string of the molecule is NC(COCC1CCOCC1)C1CC1. The summed E-state index contributed by atoms with van der Waals surface area (Å²) in [6, 6.07) is 0.287. The van der Waals surface area contributed by atoms with E-state index in [0.29, 0.717) is 5.92 Å². The largest absolute Gasteiger partial charge is 0.381 e. The molecule has 2 N–H and O–H groups in total. The Balaban J connectivity index is 1.52. The van der Waals surface area contributed by atoms with Crippen molar-refractivity contribution in [1.82, 2.24) is 0 Å². The average molecular weight is 199 g/mol. The Bertz CT molecular complexity index is 165. The van der Waals surface area contributed by atoms with E-state index >= 15 is 0 Å². The van der Waals surface area contributed by atoms with Gasteiger partial charge in [0, 0.05) is 25.9 Å². The quantitative estimate of drug-likeness (QED) is 0.723. The molecule has 0 spiro atoms. The molecule has 14 heavy (non-hydrogen) atoms. The summed E-state index contributed by atoms with van der Waals surface area (Å²) in [4.78, 5) is 0. The van der Waals surface area contributed by atoms with Crippen LogP contribution in [0.25, 0.3) is 0 Å². The van der Waals surface area contributed by atoms with E-state index in [9.17, 15) is 0 Å². The predicted octanol–water partition coefficient (Wildman–Crippen LogP) is 1.17. The molecule has 1 aliphatic carbocycles. The minimum absolute atomic E-state index is 0.287. The van der Waals surface area contributed by atoms with Gasteiger partial charge in [0.25, 0.3) is 0 Å². The Morgan fingerprint density at radius 2 is 1.93 bits per heavy atom. The number of hydrogen-bond acceptors (Lipinski definition) is 3. The lowest BCUT2D eigenvalue weighted by Gasteiger charge is -2.22. The van der Waals surface area contributed by atoms with E-state index in [4.69, 9.17) is 15.2 Å². The highest BCUT2D eigenvalue weighted by Gasteiger charge is 2.28. The standard InChI is InChI=1S/C11H21NO2/c12-11(10-1-2-10)8-14-7-9-3-5-13-6-4-9/h9-11H,1-8,12H2. The minimum Gasteiger partial charge on any atom is -0.381 e. The first-order valence-corrected chi connectivity index (χ1v) is 5.77. The van der Waals surface area contributed by atoms with Crippen LogP contribution >= 0.6 is 0 Å². The van der Waals surface area contributed by atoms with Crippen molar-refractivity contribution in [3.05, 3.63) is 0 Å². The fraction of sp³-hybridized carbons (Fsp3) is 1.00. The van der Waals surface area contributed by atoms with Crippen molar-refractivity contribution in [2.24, 2.45) is 17.6 Å². The molecule has 2 aliphatic rings. The van der Waals surface area contributed by atoms with Crippen LogP contribution in [0.3, 0.4) is 0 Å². The molecular formula is C11H21NO2. The molecule has 1 heterocycles. The van der Waals surface area contributed by atoms with Gasteiger partial charge < -0.3 is 15.2 Å². The van der Waals surface area contributed by atoms with Crippen LogP contribution in [0.4, 0.5) is 0 Å². The van der Waals surface area contributed by atoms with Crippen LogP contribution in [0.15, 0.2) is 0 Å². The number of nitrogens with two attached hydrogens (primary N) is 1. The van der Waals surface area contributed by atoms with E-state index in [2.05, 4.69) is 0 Å². The van der Waals surface area contributed by atoms with Crippen LogP contribution in [-0.2, 0) is 9.47 Å². The zero-order valence-electron chi connectivity index (χ0n) is 8.78. The van der Waals surface area contributed by atoms with Crippen LogP contribution in [0.2, 0.25) is 0 Å². The van der Waals surface area contributed by atoms with Crippen molar-refractivity contribution < 1.29 is 9.47 Å². The molecule has 2 rings (SSSR count). The van der Waals surface area contributed by atoms with Crippen LogP contribution in [0.5, 0.6) is 0 Å². The van der Waals surface area contributed by atoms with Gasteiger partial charge in [0.05, 0.1) is 6.61 Å². The average Bonchev–Trinajstić information content (AvgIpc) is 3.02. The lowest BCUT2D eigenvalue weighted by Crippen LogP contribution is -2.30. The molecule has 1 saturated carbocycles. The van der Waals surface area contributed by atoms with Crippen molar-refractivity contribution >= 4 is 0 Å². The highest BCUT2D eigenvalue weighted by Crippen LogP contribution is 2.31. The molecule has 0 radical (unpaired) electrons. The highest BCUT2D eigenvalue weighted by atomic mass is 16.5. The van der Waals surface area contributed by atoms with E-state index in [1.54, 1.807) is 0 Å². The van der Waals surface area contributed by atoms with Crippen LogP contribution < -0.4 is 5.73 Å². The summed E-state index contributed by atoms with van der Waals surface area (Å²) in [7, 11) is 0. The van der Waals surface area contributed by atoms with E-state index < -0.39 is 0 Å². The Labute approximate surface area is 85.9 Å². The maximum absolute atomic E-state index is 5.94. The molecular weight excluding hydrogens is 178 g/mol. The fourth-order valence-electron chi connectivity index (χ4n) is 1.94. The van der Waals surface area contributed by atoms with Gasteiger partial charge in [-0.05, 0) is 37.5 Å². The van der Waals surface area contributed by atoms with Gasteiger partial charge >= 0.3 is 0 Å². The Hall–Kier alpha value is -0.120. The van der Waals surface area contributed by atoms with Gasteiger partial charge in [-0.2, -0.15) is 0 Å². The zero-order valence-corrected chi connectivity index (χ0v) is 8.78. The first-order chi connectivity index (χ1) is 6.86. The summed E-state index contributed by atoms with van der Waals surface area (Å²) in [5.74, 6) is 1.46. The van der Waals surface area contributed by atoms with Gasteiger partial charge in [-0.3, -0.25) is 0 Å². The normalized spacial score (nSPS) is 26.4. The first kappa shape index (κ1) is 10.4. The molecule has 1 saturated heterocycles. The Kier molecular flexibility index (Phi) is 3.79. The monoisotopic (exact) mass is 199 g/mol. The van der Waals surface area contributed by atoms with Crippen LogP contribution in [0, 0.1) is 11.8 Å². The molecule has 1 unspecified atom stereocenters. The third-order valence-electron chi connectivity index (χ3n) is 3.23. The van der Waals surface area contributed by atoms with E-state index in [1.165, 1.54) is 12.8 Å². The van der Waals surface area contributed by atoms with Crippen molar-refractivity contribution in [2.45, 2.75) is 31.7 Å². The lowest BCUT2D eigenvalue weighted by molar-refractivity contribution is 0.0164. The summed E-state index contributed by atoms with van der Waals surface area (Å²) in [6.07, 6.45) is 4.92. The van der Waals surface area contributed by atoms with Gasteiger partial charge in [-0.15, -0.1) is 0 Å². The van der Waals surface area contributed by atoms with Gasteiger partial charge in [0.2, 0.25) is 0 Å². The lowest BCUT2D eigenvalue weighted by atomic mass is 10.0. The molecule has 82 valence electrons.